The molecule has 1 N–H and O–H groups in total. The summed E-state index contributed by atoms with van der Waals surface area (Å²) in [5, 5.41) is 8.27. The van der Waals surface area contributed by atoms with Crippen molar-refractivity contribution >= 4 is 32.2 Å². The molecular weight excluding hydrogens is 227 g/mol. The number of carboxylic acids is 1. The zero-order chi connectivity index (χ0) is 7.82. The monoisotopic (exact) mass is 242 g/mol. The molecule has 0 fully saturated rings. The van der Waals surface area contributed by atoms with Crippen LogP contribution in [0.3, 0.4) is 0 Å². The molecule has 4 heteroatoms. The zero-order valence-electron chi connectivity index (χ0n) is 6.58. The normalized spacial score (nSPS) is 8.82. The summed E-state index contributed by atoms with van der Waals surface area (Å²) in [6.45, 7) is 0. The van der Waals surface area contributed by atoms with Gasteiger partial charge in [-0.2, -0.15) is 0 Å². The Kier molecular flexibility index (Phi) is 13.2. The standard InChI is InChI=1S/C7H15O2P.BrH/c8-7(9)5-3-1-2-4-6-10;/h1-6,10H2,(H,8,9);1H. The van der Waals surface area contributed by atoms with E-state index in [0.29, 0.717) is 6.42 Å². The lowest BCUT2D eigenvalue weighted by Crippen LogP contribution is -1.93. The highest BCUT2D eigenvalue weighted by atomic mass is 79.9. The van der Waals surface area contributed by atoms with Crippen LogP contribution in [0.2, 0.25) is 0 Å². The van der Waals surface area contributed by atoms with Gasteiger partial charge in [-0.3, -0.25) is 4.79 Å². The van der Waals surface area contributed by atoms with Crippen LogP contribution in [-0.4, -0.2) is 17.2 Å². The highest BCUT2D eigenvalue weighted by molar-refractivity contribution is 8.93. The smallest absolute Gasteiger partial charge is 0.303 e. The molecule has 0 spiro atoms. The minimum absolute atomic E-state index is 0. The molecule has 0 aromatic rings. The van der Waals surface area contributed by atoms with Gasteiger partial charge in [-0.1, -0.05) is 12.8 Å². The van der Waals surface area contributed by atoms with Gasteiger partial charge in [-0.05, 0) is 19.0 Å². The third kappa shape index (κ3) is 13.4. The maximum atomic E-state index is 10.0. The summed E-state index contributed by atoms with van der Waals surface area (Å²) in [6.07, 6.45) is 5.71. The van der Waals surface area contributed by atoms with Crippen LogP contribution in [0.15, 0.2) is 0 Å². The van der Waals surface area contributed by atoms with Crippen LogP contribution in [-0.2, 0) is 4.79 Å². The summed E-state index contributed by atoms with van der Waals surface area (Å²) in [4.78, 5) is 10.0. The van der Waals surface area contributed by atoms with Crippen molar-refractivity contribution in [1.82, 2.24) is 0 Å². The second-order valence-corrected chi connectivity index (χ2v) is 2.92. The Morgan fingerprint density at radius 3 is 2.18 bits per heavy atom. The lowest BCUT2D eigenvalue weighted by Gasteiger charge is -1.95. The molecule has 1 unspecified atom stereocenters. The molecule has 0 rings (SSSR count). The van der Waals surface area contributed by atoms with Crippen molar-refractivity contribution in [2.24, 2.45) is 0 Å². The molecule has 2 nitrogen and oxygen atoms in total. The quantitative estimate of drug-likeness (QED) is 0.574. The van der Waals surface area contributed by atoms with Gasteiger partial charge in [-0.25, -0.2) is 0 Å². The Morgan fingerprint density at radius 1 is 1.18 bits per heavy atom. The third-order valence-corrected chi connectivity index (χ3v) is 1.75. The average molecular weight is 243 g/mol. The van der Waals surface area contributed by atoms with Crippen LogP contribution >= 0.6 is 26.2 Å². The molecule has 0 aromatic heterocycles. The number of carbonyl (C=O) groups is 1. The van der Waals surface area contributed by atoms with E-state index in [2.05, 4.69) is 9.24 Å². The molecule has 0 saturated carbocycles. The average Bonchev–Trinajstić information content (AvgIpc) is 1.87. The molecule has 0 amide bonds. The van der Waals surface area contributed by atoms with Gasteiger partial charge in [0.15, 0.2) is 0 Å². The Bertz CT molecular complexity index is 98.4. The largest absolute Gasteiger partial charge is 0.481 e. The fraction of sp³-hybridized carbons (Fsp3) is 0.857. The lowest BCUT2D eigenvalue weighted by atomic mass is 10.2. The summed E-state index contributed by atoms with van der Waals surface area (Å²) in [7, 11) is 2.67. The highest BCUT2D eigenvalue weighted by Crippen LogP contribution is 2.03. The summed E-state index contributed by atoms with van der Waals surface area (Å²) in [5.74, 6) is -0.675. The van der Waals surface area contributed by atoms with Crippen molar-refractivity contribution in [2.45, 2.75) is 32.1 Å². The lowest BCUT2D eigenvalue weighted by molar-refractivity contribution is -0.137. The summed E-state index contributed by atoms with van der Waals surface area (Å²) in [5.41, 5.74) is 0. The SMILES string of the molecule is Br.O=C(O)CCCCCCP. The van der Waals surface area contributed by atoms with Crippen LogP contribution in [0, 0.1) is 0 Å². The highest BCUT2D eigenvalue weighted by Gasteiger charge is 1.94. The van der Waals surface area contributed by atoms with Crippen LogP contribution in [0.1, 0.15) is 32.1 Å². The van der Waals surface area contributed by atoms with E-state index in [9.17, 15) is 4.79 Å². The Balaban J connectivity index is 0. The minimum Gasteiger partial charge on any atom is -0.481 e. The van der Waals surface area contributed by atoms with Crippen LogP contribution in [0.4, 0.5) is 0 Å². The first kappa shape index (κ1) is 13.9. The van der Waals surface area contributed by atoms with Gasteiger partial charge < -0.3 is 5.11 Å². The third-order valence-electron chi connectivity index (χ3n) is 1.34. The molecule has 0 aliphatic heterocycles. The van der Waals surface area contributed by atoms with Gasteiger partial charge in [-0.15, -0.1) is 26.2 Å². The van der Waals surface area contributed by atoms with Gasteiger partial charge in [0.2, 0.25) is 0 Å². The minimum atomic E-state index is -0.675. The molecule has 0 radical (unpaired) electrons. The predicted molar refractivity (Wildman–Crippen MR) is 55.6 cm³/mol. The van der Waals surface area contributed by atoms with Gasteiger partial charge in [0.25, 0.3) is 0 Å². The number of halogens is 1. The molecule has 0 aliphatic carbocycles. The molecule has 0 saturated heterocycles. The van der Waals surface area contributed by atoms with E-state index in [-0.39, 0.29) is 17.0 Å². The Hall–Kier alpha value is 0.380. The second kappa shape index (κ2) is 10.4. The first-order valence-corrected chi connectivity index (χ1v) is 4.51. The number of hydrogen-bond acceptors (Lipinski definition) is 1. The number of hydrogen-bond donors (Lipinski definition) is 1. The van der Waals surface area contributed by atoms with E-state index in [1.807, 2.05) is 0 Å². The van der Waals surface area contributed by atoms with E-state index in [1.54, 1.807) is 0 Å². The maximum absolute atomic E-state index is 10.0. The van der Waals surface area contributed by atoms with Crippen LogP contribution < -0.4 is 0 Å². The fourth-order valence-corrected chi connectivity index (χ4v) is 1.06. The van der Waals surface area contributed by atoms with E-state index in [4.69, 9.17) is 5.11 Å². The van der Waals surface area contributed by atoms with Gasteiger partial charge >= 0.3 is 5.97 Å². The fourth-order valence-electron chi connectivity index (χ4n) is 0.774. The van der Waals surface area contributed by atoms with Gasteiger partial charge in [0, 0.05) is 6.42 Å². The van der Waals surface area contributed by atoms with Crippen molar-refractivity contribution in [2.75, 3.05) is 6.16 Å². The Morgan fingerprint density at radius 2 is 1.73 bits per heavy atom. The second-order valence-electron chi connectivity index (χ2n) is 2.35. The zero-order valence-corrected chi connectivity index (χ0v) is 9.45. The maximum Gasteiger partial charge on any atom is 0.303 e. The first-order valence-electron chi connectivity index (χ1n) is 3.69. The molecule has 0 heterocycles. The number of rotatable bonds is 6. The molecule has 1 atom stereocenters. The molecule has 68 valence electrons. The number of carboxylic acid groups (broad SMARTS) is 1. The van der Waals surface area contributed by atoms with Crippen molar-refractivity contribution in [3.8, 4) is 0 Å². The van der Waals surface area contributed by atoms with Gasteiger partial charge in [0.1, 0.15) is 0 Å². The summed E-state index contributed by atoms with van der Waals surface area (Å²) in [6, 6.07) is 0. The van der Waals surface area contributed by atoms with E-state index in [1.165, 1.54) is 6.42 Å². The van der Waals surface area contributed by atoms with E-state index in [0.717, 1.165) is 25.4 Å². The Labute approximate surface area is 80.7 Å². The molecular formula is C7H16BrO2P. The van der Waals surface area contributed by atoms with Crippen molar-refractivity contribution in [3.05, 3.63) is 0 Å². The van der Waals surface area contributed by atoms with Crippen LogP contribution in [0.25, 0.3) is 0 Å². The number of unbranched alkanes of at least 4 members (excludes halogenated alkanes) is 3. The van der Waals surface area contributed by atoms with E-state index < -0.39 is 5.97 Å². The first-order chi connectivity index (χ1) is 4.77. The molecule has 0 aliphatic rings. The number of aliphatic carboxylic acids is 1. The summed E-state index contributed by atoms with van der Waals surface area (Å²) >= 11 is 0. The van der Waals surface area contributed by atoms with E-state index >= 15 is 0 Å². The van der Waals surface area contributed by atoms with Crippen LogP contribution in [0.5, 0.6) is 0 Å². The summed E-state index contributed by atoms with van der Waals surface area (Å²) < 4.78 is 0. The molecule has 0 aromatic carbocycles. The van der Waals surface area contributed by atoms with Crippen molar-refractivity contribution < 1.29 is 9.90 Å². The molecule has 11 heavy (non-hydrogen) atoms. The predicted octanol–water partition coefficient (Wildman–Crippen LogP) is 2.47. The molecule has 0 bridgehead atoms. The van der Waals surface area contributed by atoms with Crippen molar-refractivity contribution in [1.29, 1.82) is 0 Å². The van der Waals surface area contributed by atoms with Crippen molar-refractivity contribution in [3.63, 3.8) is 0 Å². The van der Waals surface area contributed by atoms with Gasteiger partial charge in [0.05, 0.1) is 0 Å². The topological polar surface area (TPSA) is 37.3 Å².